The van der Waals surface area contributed by atoms with Gasteiger partial charge in [0.15, 0.2) is 0 Å². The zero-order valence-electron chi connectivity index (χ0n) is 39.1. The quantitative estimate of drug-likeness (QED) is 0.0424. The summed E-state index contributed by atoms with van der Waals surface area (Å²) in [5.41, 5.74) is 0. The maximum absolute atomic E-state index is 12.4. The zero-order valence-corrected chi connectivity index (χ0v) is 39.1. The molecule has 3 N–H and O–H groups in total. The number of carbonyl (C=O) groups excluding carboxylic acids is 1. The van der Waals surface area contributed by atoms with Crippen LogP contribution in [0, 0.1) is 0 Å². The van der Waals surface area contributed by atoms with Crippen LogP contribution in [0.5, 0.6) is 0 Å². The SMILES string of the molecule is CCCCCCCCCCCCCC/C=C\CCCCCCCCCCCCCCCCCCCC(=O)NC(CO)C(O)CCCCCCCCCCCCCC. The lowest BCUT2D eigenvalue weighted by Crippen LogP contribution is -2.45. The molecule has 0 aromatic heterocycles. The first-order valence-corrected chi connectivity index (χ1v) is 26.4. The Labute approximate surface area is 358 Å². The fraction of sp³-hybridized carbons (Fsp3) is 0.943. The van der Waals surface area contributed by atoms with Crippen LogP contribution in [0.25, 0.3) is 0 Å². The molecule has 340 valence electrons. The third-order valence-corrected chi connectivity index (χ3v) is 12.5. The van der Waals surface area contributed by atoms with Gasteiger partial charge in [0.1, 0.15) is 0 Å². The first kappa shape index (κ1) is 56.1. The standard InChI is InChI=1S/C53H105NO3/c1-3-5-7-9-11-13-15-17-18-19-20-21-22-23-24-25-26-27-28-29-30-31-32-33-34-35-36-37-39-41-43-45-47-49-53(57)54-51(50-55)52(56)48-46-44-42-40-38-16-14-12-10-8-6-4-2/h23-24,51-52,55-56H,3-22,25-50H2,1-2H3,(H,54,57)/b24-23-. The van der Waals surface area contributed by atoms with Crippen LogP contribution in [0.1, 0.15) is 303 Å². The highest BCUT2D eigenvalue weighted by Crippen LogP contribution is 2.17. The maximum atomic E-state index is 12.4. The summed E-state index contributed by atoms with van der Waals surface area (Å²) in [6.45, 7) is 4.38. The molecule has 0 aliphatic rings. The van der Waals surface area contributed by atoms with Crippen LogP contribution in [-0.4, -0.2) is 34.9 Å². The van der Waals surface area contributed by atoms with E-state index in [4.69, 9.17) is 0 Å². The number of nitrogens with one attached hydrogen (secondary N) is 1. The van der Waals surface area contributed by atoms with E-state index in [1.807, 2.05) is 0 Å². The van der Waals surface area contributed by atoms with Gasteiger partial charge >= 0.3 is 0 Å². The van der Waals surface area contributed by atoms with E-state index < -0.39 is 12.1 Å². The number of allylic oxidation sites excluding steroid dienone is 2. The van der Waals surface area contributed by atoms with Crippen molar-refractivity contribution in [3.63, 3.8) is 0 Å². The molecule has 0 spiro atoms. The highest BCUT2D eigenvalue weighted by atomic mass is 16.3. The minimum absolute atomic E-state index is 0.0267. The fourth-order valence-electron chi connectivity index (χ4n) is 8.48. The predicted octanol–water partition coefficient (Wildman–Crippen LogP) is 17.0. The average molecular weight is 804 g/mol. The molecule has 0 aromatic rings. The van der Waals surface area contributed by atoms with Gasteiger partial charge in [-0.25, -0.2) is 0 Å². The smallest absolute Gasteiger partial charge is 0.220 e. The van der Waals surface area contributed by atoms with Crippen molar-refractivity contribution in [2.45, 2.75) is 315 Å². The molecule has 2 unspecified atom stereocenters. The molecule has 0 radical (unpaired) electrons. The van der Waals surface area contributed by atoms with Crippen LogP contribution < -0.4 is 5.32 Å². The van der Waals surface area contributed by atoms with Gasteiger partial charge in [-0.1, -0.05) is 270 Å². The lowest BCUT2D eigenvalue weighted by atomic mass is 10.0. The Bertz CT molecular complexity index is 784. The van der Waals surface area contributed by atoms with Crippen molar-refractivity contribution in [1.29, 1.82) is 0 Å². The van der Waals surface area contributed by atoms with Crippen molar-refractivity contribution < 1.29 is 15.0 Å². The number of hydrogen-bond acceptors (Lipinski definition) is 3. The Hall–Kier alpha value is -0.870. The first-order valence-electron chi connectivity index (χ1n) is 26.4. The summed E-state index contributed by atoms with van der Waals surface area (Å²) in [6, 6.07) is -0.531. The molecular weight excluding hydrogens is 699 g/mol. The number of amides is 1. The number of carbonyl (C=O) groups is 1. The minimum atomic E-state index is -0.654. The topological polar surface area (TPSA) is 69.6 Å². The summed E-state index contributed by atoms with van der Waals surface area (Å²) in [6.07, 6.45) is 63.4. The molecule has 57 heavy (non-hydrogen) atoms. The van der Waals surface area contributed by atoms with E-state index in [1.165, 1.54) is 250 Å². The van der Waals surface area contributed by atoms with E-state index in [1.54, 1.807) is 0 Å². The van der Waals surface area contributed by atoms with Crippen molar-refractivity contribution in [2.24, 2.45) is 0 Å². The van der Waals surface area contributed by atoms with E-state index in [0.717, 1.165) is 25.7 Å². The molecule has 0 aliphatic carbocycles. The second-order valence-corrected chi connectivity index (χ2v) is 18.3. The molecule has 2 atom stereocenters. The summed E-state index contributed by atoms with van der Waals surface area (Å²) in [4.78, 5) is 12.4. The Morgan fingerprint density at radius 1 is 0.404 bits per heavy atom. The van der Waals surface area contributed by atoms with E-state index in [-0.39, 0.29) is 12.5 Å². The molecule has 0 aromatic carbocycles. The monoisotopic (exact) mass is 804 g/mol. The normalized spacial score (nSPS) is 12.8. The van der Waals surface area contributed by atoms with Crippen molar-refractivity contribution in [3.05, 3.63) is 12.2 Å². The van der Waals surface area contributed by atoms with Crippen LogP contribution in [0.2, 0.25) is 0 Å². The number of aliphatic hydroxyl groups excluding tert-OH is 2. The Balaban J connectivity index is 3.37. The number of aliphatic hydroxyl groups is 2. The van der Waals surface area contributed by atoms with E-state index in [2.05, 4.69) is 31.3 Å². The van der Waals surface area contributed by atoms with Gasteiger partial charge in [0, 0.05) is 6.42 Å². The lowest BCUT2D eigenvalue weighted by Gasteiger charge is -2.22. The van der Waals surface area contributed by atoms with Gasteiger partial charge in [0.05, 0.1) is 18.8 Å². The summed E-state index contributed by atoms with van der Waals surface area (Å²) in [7, 11) is 0. The fourth-order valence-corrected chi connectivity index (χ4v) is 8.48. The summed E-state index contributed by atoms with van der Waals surface area (Å²) in [5.74, 6) is -0.0267. The molecule has 0 rings (SSSR count). The van der Waals surface area contributed by atoms with Crippen molar-refractivity contribution in [3.8, 4) is 0 Å². The second-order valence-electron chi connectivity index (χ2n) is 18.3. The molecule has 0 fully saturated rings. The van der Waals surface area contributed by atoms with Gasteiger partial charge in [-0.2, -0.15) is 0 Å². The highest BCUT2D eigenvalue weighted by Gasteiger charge is 2.20. The van der Waals surface area contributed by atoms with Gasteiger partial charge < -0.3 is 15.5 Å². The molecule has 0 heterocycles. The van der Waals surface area contributed by atoms with Gasteiger partial charge in [-0.05, 0) is 38.5 Å². The second kappa shape index (κ2) is 49.5. The Morgan fingerprint density at radius 3 is 0.965 bits per heavy atom. The van der Waals surface area contributed by atoms with Crippen LogP contribution in [0.4, 0.5) is 0 Å². The summed E-state index contributed by atoms with van der Waals surface area (Å²) >= 11 is 0. The summed E-state index contributed by atoms with van der Waals surface area (Å²) < 4.78 is 0. The maximum Gasteiger partial charge on any atom is 0.220 e. The van der Waals surface area contributed by atoms with E-state index >= 15 is 0 Å². The minimum Gasteiger partial charge on any atom is -0.394 e. The van der Waals surface area contributed by atoms with Crippen LogP contribution in [0.15, 0.2) is 12.2 Å². The Morgan fingerprint density at radius 2 is 0.667 bits per heavy atom. The van der Waals surface area contributed by atoms with Crippen LogP contribution in [-0.2, 0) is 4.79 Å². The number of unbranched alkanes of at least 4 members (excludes halogenated alkanes) is 40. The molecule has 0 bridgehead atoms. The molecule has 0 saturated heterocycles. The van der Waals surface area contributed by atoms with Gasteiger partial charge in [0.25, 0.3) is 0 Å². The molecule has 0 saturated carbocycles. The van der Waals surface area contributed by atoms with E-state index in [9.17, 15) is 15.0 Å². The molecular formula is C53H105NO3. The third kappa shape index (κ3) is 46.1. The summed E-state index contributed by atoms with van der Waals surface area (Å²) in [5, 5.41) is 23.2. The number of hydrogen-bond donors (Lipinski definition) is 3. The first-order chi connectivity index (χ1) is 28.2. The molecule has 0 aliphatic heterocycles. The van der Waals surface area contributed by atoms with Gasteiger partial charge in [-0.15, -0.1) is 0 Å². The van der Waals surface area contributed by atoms with Crippen LogP contribution in [0.3, 0.4) is 0 Å². The Kier molecular flexibility index (Phi) is 48.7. The van der Waals surface area contributed by atoms with E-state index in [0.29, 0.717) is 12.8 Å². The molecule has 4 nitrogen and oxygen atoms in total. The average Bonchev–Trinajstić information content (AvgIpc) is 3.22. The predicted molar refractivity (Wildman–Crippen MR) is 253 cm³/mol. The highest BCUT2D eigenvalue weighted by molar-refractivity contribution is 5.76. The molecule has 4 heteroatoms. The molecule has 1 amide bonds. The van der Waals surface area contributed by atoms with Crippen molar-refractivity contribution in [1.82, 2.24) is 5.32 Å². The van der Waals surface area contributed by atoms with Crippen LogP contribution >= 0.6 is 0 Å². The van der Waals surface area contributed by atoms with Crippen molar-refractivity contribution >= 4 is 5.91 Å². The van der Waals surface area contributed by atoms with Crippen molar-refractivity contribution in [2.75, 3.05) is 6.61 Å². The number of rotatable bonds is 49. The largest absolute Gasteiger partial charge is 0.394 e. The lowest BCUT2D eigenvalue weighted by molar-refractivity contribution is -0.123. The zero-order chi connectivity index (χ0) is 41.4. The third-order valence-electron chi connectivity index (χ3n) is 12.5. The van der Waals surface area contributed by atoms with Gasteiger partial charge in [-0.3, -0.25) is 4.79 Å². The van der Waals surface area contributed by atoms with Gasteiger partial charge in [0.2, 0.25) is 5.91 Å².